The highest BCUT2D eigenvalue weighted by Gasteiger charge is 2.44. The molecule has 5 heteroatoms. The zero-order valence-electron chi connectivity index (χ0n) is 13.8. The van der Waals surface area contributed by atoms with Gasteiger partial charge in [0, 0.05) is 24.0 Å². The first-order chi connectivity index (χ1) is 10.7. The highest BCUT2D eigenvalue weighted by atomic mass is 35.5. The second kappa shape index (κ2) is 8.41. The summed E-state index contributed by atoms with van der Waals surface area (Å²) in [6, 6.07) is 11.0. The maximum absolute atomic E-state index is 13.2. The van der Waals surface area contributed by atoms with Crippen molar-refractivity contribution in [3.63, 3.8) is 0 Å². The van der Waals surface area contributed by atoms with Crippen molar-refractivity contribution in [2.24, 2.45) is 0 Å². The fourth-order valence-electron chi connectivity index (χ4n) is 3.68. The zero-order valence-corrected chi connectivity index (χ0v) is 15.4. The van der Waals surface area contributed by atoms with E-state index in [0.29, 0.717) is 11.9 Å². The van der Waals surface area contributed by atoms with Gasteiger partial charge in [-0.05, 0) is 44.9 Å². The van der Waals surface area contributed by atoms with Crippen molar-refractivity contribution in [2.75, 3.05) is 20.1 Å². The van der Waals surface area contributed by atoms with E-state index < -0.39 is 0 Å². The molecule has 1 amide bonds. The summed E-state index contributed by atoms with van der Waals surface area (Å²) in [6.07, 6.45) is 6.56. The molecule has 1 aliphatic carbocycles. The average molecular weight is 355 g/mol. The number of carbonyl (C=O) groups is 1. The van der Waals surface area contributed by atoms with E-state index in [1.165, 1.54) is 17.7 Å². The number of rotatable bonds is 4. The van der Waals surface area contributed by atoms with E-state index in [4.69, 9.17) is 0 Å². The highest BCUT2D eigenvalue weighted by Crippen LogP contribution is 2.46. The predicted octanol–water partition coefficient (Wildman–Crippen LogP) is 3.72. The Balaban J connectivity index is 0.00000192. The molecule has 0 radical (unpaired) electrons. The Kier molecular flexibility index (Phi) is 6.81. The third-order valence-electron chi connectivity index (χ3n) is 5.05. The summed E-state index contributed by atoms with van der Waals surface area (Å²) in [5.41, 5.74) is 0. The lowest BCUT2D eigenvalue weighted by atomic mass is 10.0. The van der Waals surface area contributed by atoms with Crippen LogP contribution in [0.1, 0.15) is 38.5 Å². The molecular weight excluding hydrogens is 328 g/mol. The van der Waals surface area contributed by atoms with Crippen LogP contribution < -0.4 is 5.32 Å². The molecule has 128 valence electrons. The lowest BCUT2D eigenvalue weighted by molar-refractivity contribution is -0.134. The van der Waals surface area contributed by atoms with Crippen LogP contribution in [0.3, 0.4) is 0 Å². The number of carbonyl (C=O) groups excluding carboxylic acids is 1. The molecule has 1 heterocycles. The Morgan fingerprint density at radius 1 is 1.17 bits per heavy atom. The Bertz CT molecular complexity index is 497. The van der Waals surface area contributed by atoms with E-state index in [-0.39, 0.29) is 17.2 Å². The van der Waals surface area contributed by atoms with Crippen molar-refractivity contribution in [3.8, 4) is 0 Å². The summed E-state index contributed by atoms with van der Waals surface area (Å²) in [6.45, 7) is 1.81. The van der Waals surface area contributed by atoms with Gasteiger partial charge in [-0.2, -0.15) is 0 Å². The maximum atomic E-state index is 13.2. The van der Waals surface area contributed by atoms with Gasteiger partial charge in [-0.15, -0.1) is 24.2 Å². The first-order valence-corrected chi connectivity index (χ1v) is 9.26. The van der Waals surface area contributed by atoms with E-state index in [1.54, 1.807) is 11.8 Å². The number of nitrogens with zero attached hydrogens (tertiary/aromatic N) is 1. The number of hydrogen-bond donors (Lipinski definition) is 1. The summed E-state index contributed by atoms with van der Waals surface area (Å²) in [4.78, 5) is 16.6. The van der Waals surface area contributed by atoms with Crippen molar-refractivity contribution >= 4 is 30.1 Å². The molecule has 2 fully saturated rings. The van der Waals surface area contributed by atoms with E-state index in [9.17, 15) is 4.79 Å². The van der Waals surface area contributed by atoms with Gasteiger partial charge in [0.2, 0.25) is 5.91 Å². The van der Waals surface area contributed by atoms with Crippen LogP contribution in [0.4, 0.5) is 0 Å². The molecule has 1 saturated carbocycles. The Morgan fingerprint density at radius 2 is 1.78 bits per heavy atom. The van der Waals surface area contributed by atoms with Gasteiger partial charge in [0.15, 0.2) is 0 Å². The monoisotopic (exact) mass is 354 g/mol. The summed E-state index contributed by atoms with van der Waals surface area (Å²) < 4.78 is -0.214. The molecule has 0 atom stereocenters. The number of thioether (sulfide) groups is 1. The lowest BCUT2D eigenvalue weighted by Crippen LogP contribution is -2.50. The minimum Gasteiger partial charge on any atom is -0.341 e. The second-order valence-corrected chi connectivity index (χ2v) is 7.93. The fourth-order valence-corrected chi connectivity index (χ4v) is 5.13. The second-order valence-electron chi connectivity index (χ2n) is 6.47. The smallest absolute Gasteiger partial charge is 0.239 e. The van der Waals surface area contributed by atoms with Crippen molar-refractivity contribution < 1.29 is 4.79 Å². The molecule has 0 unspecified atom stereocenters. The van der Waals surface area contributed by atoms with Crippen molar-refractivity contribution in [3.05, 3.63) is 30.3 Å². The number of amides is 1. The van der Waals surface area contributed by atoms with Gasteiger partial charge in [-0.3, -0.25) is 4.79 Å². The van der Waals surface area contributed by atoms with E-state index in [0.717, 1.165) is 38.8 Å². The summed E-state index contributed by atoms with van der Waals surface area (Å²) in [5, 5.41) is 3.34. The third kappa shape index (κ3) is 4.23. The molecule has 0 aromatic heterocycles. The number of hydrogen-bond acceptors (Lipinski definition) is 3. The minimum absolute atomic E-state index is 0. The van der Waals surface area contributed by atoms with E-state index in [2.05, 4.69) is 34.5 Å². The van der Waals surface area contributed by atoms with Crippen molar-refractivity contribution in [1.29, 1.82) is 0 Å². The molecule has 1 saturated heterocycles. The predicted molar refractivity (Wildman–Crippen MR) is 99.4 cm³/mol. The Hall–Kier alpha value is -0.710. The fraction of sp³-hybridized carbons (Fsp3) is 0.611. The number of likely N-dealkylation sites (tertiary alicyclic amines) is 1. The largest absolute Gasteiger partial charge is 0.341 e. The quantitative estimate of drug-likeness (QED) is 0.894. The number of nitrogens with one attached hydrogen (secondary N) is 1. The molecule has 1 aromatic rings. The van der Waals surface area contributed by atoms with Gasteiger partial charge in [0.05, 0.1) is 4.75 Å². The van der Waals surface area contributed by atoms with Crippen LogP contribution in [0.5, 0.6) is 0 Å². The van der Waals surface area contributed by atoms with Crippen LogP contribution in [-0.4, -0.2) is 41.7 Å². The molecule has 1 aliphatic heterocycles. The average Bonchev–Trinajstić information content (AvgIpc) is 3.05. The standard InChI is InChI=1S/C18H26N2OS.ClH/c1-19-15-9-13-20(14-10-15)17(21)18(11-5-6-12-18)22-16-7-3-2-4-8-16;/h2-4,7-8,15,19H,5-6,9-14H2,1H3;1H. The third-order valence-corrected chi connectivity index (χ3v) is 6.53. The molecule has 3 rings (SSSR count). The molecule has 0 bridgehead atoms. The number of halogens is 1. The molecule has 1 N–H and O–H groups in total. The van der Waals surface area contributed by atoms with Crippen LogP contribution in [0.2, 0.25) is 0 Å². The van der Waals surface area contributed by atoms with Crippen molar-refractivity contribution in [1.82, 2.24) is 10.2 Å². The van der Waals surface area contributed by atoms with Gasteiger partial charge < -0.3 is 10.2 Å². The van der Waals surface area contributed by atoms with Crippen LogP contribution in [-0.2, 0) is 4.79 Å². The molecule has 0 spiro atoms. The molecule has 3 nitrogen and oxygen atoms in total. The molecule has 1 aromatic carbocycles. The Morgan fingerprint density at radius 3 is 2.35 bits per heavy atom. The summed E-state index contributed by atoms with van der Waals surface area (Å²) in [7, 11) is 2.02. The van der Waals surface area contributed by atoms with Crippen LogP contribution in [0.15, 0.2) is 35.2 Å². The molecule has 2 aliphatic rings. The van der Waals surface area contributed by atoms with E-state index in [1.807, 2.05) is 13.1 Å². The number of benzene rings is 1. The zero-order chi connectivity index (χ0) is 15.4. The van der Waals surface area contributed by atoms with Gasteiger partial charge in [0.1, 0.15) is 0 Å². The number of piperidine rings is 1. The van der Waals surface area contributed by atoms with Gasteiger partial charge in [0.25, 0.3) is 0 Å². The van der Waals surface area contributed by atoms with Crippen LogP contribution in [0, 0.1) is 0 Å². The highest BCUT2D eigenvalue weighted by molar-refractivity contribution is 8.01. The summed E-state index contributed by atoms with van der Waals surface area (Å²) in [5.74, 6) is 0.383. The van der Waals surface area contributed by atoms with Crippen molar-refractivity contribution in [2.45, 2.75) is 54.2 Å². The van der Waals surface area contributed by atoms with Crippen LogP contribution in [0.25, 0.3) is 0 Å². The van der Waals surface area contributed by atoms with E-state index >= 15 is 0 Å². The van der Waals surface area contributed by atoms with Gasteiger partial charge in [-0.1, -0.05) is 31.0 Å². The summed E-state index contributed by atoms with van der Waals surface area (Å²) >= 11 is 1.80. The Labute approximate surface area is 150 Å². The topological polar surface area (TPSA) is 32.3 Å². The normalized spacial score (nSPS) is 21.0. The first kappa shape index (κ1) is 18.6. The van der Waals surface area contributed by atoms with Gasteiger partial charge >= 0.3 is 0 Å². The van der Waals surface area contributed by atoms with Crippen LogP contribution >= 0.6 is 24.2 Å². The lowest BCUT2D eigenvalue weighted by Gasteiger charge is -2.38. The van der Waals surface area contributed by atoms with Gasteiger partial charge in [-0.25, -0.2) is 0 Å². The molecule has 23 heavy (non-hydrogen) atoms. The minimum atomic E-state index is -0.214. The maximum Gasteiger partial charge on any atom is 0.239 e. The SMILES string of the molecule is CNC1CCN(C(=O)C2(Sc3ccccc3)CCCC2)CC1.Cl. The first-order valence-electron chi connectivity index (χ1n) is 8.44. The molecular formula is C18H27ClN2OS.